The standard InChI is InChI=1S/C21H22BrN5O2/c22-18-5-3-16(4-6-18)20-25-19(29-26-20)14-27-10-7-17(8-11-27)21(28)24-13-15-2-1-9-23-12-15/h1-6,9,12,17H,7-8,10-11,13-14H2,(H,24,28). The van der Waals surface area contributed by atoms with Crippen LogP contribution in [0, 0.1) is 5.92 Å². The lowest BCUT2D eigenvalue weighted by Crippen LogP contribution is -2.40. The van der Waals surface area contributed by atoms with Crippen molar-refractivity contribution in [2.24, 2.45) is 5.92 Å². The number of hydrogen-bond donors (Lipinski definition) is 1. The molecule has 1 aromatic carbocycles. The first-order chi connectivity index (χ1) is 14.2. The predicted octanol–water partition coefficient (Wildman–Crippen LogP) is 3.42. The van der Waals surface area contributed by atoms with Crippen LogP contribution in [0.2, 0.25) is 0 Å². The van der Waals surface area contributed by atoms with Crippen LogP contribution in [0.1, 0.15) is 24.3 Å². The molecule has 0 atom stereocenters. The molecule has 29 heavy (non-hydrogen) atoms. The largest absolute Gasteiger partial charge is 0.352 e. The third-order valence-corrected chi connectivity index (χ3v) is 5.61. The van der Waals surface area contributed by atoms with Gasteiger partial charge in [-0.1, -0.05) is 27.2 Å². The number of carbonyl (C=O) groups excluding carboxylic acids is 1. The zero-order valence-electron chi connectivity index (χ0n) is 15.9. The minimum absolute atomic E-state index is 0.0453. The number of benzene rings is 1. The number of nitrogens with zero attached hydrogens (tertiary/aromatic N) is 4. The van der Waals surface area contributed by atoms with Gasteiger partial charge in [0.15, 0.2) is 0 Å². The maximum Gasteiger partial charge on any atom is 0.241 e. The molecule has 8 heteroatoms. The molecule has 1 fully saturated rings. The molecule has 3 aromatic rings. The Kier molecular flexibility index (Phi) is 6.31. The molecule has 1 aliphatic heterocycles. The Morgan fingerprint density at radius 3 is 2.72 bits per heavy atom. The fraction of sp³-hybridized carbons (Fsp3) is 0.333. The number of amides is 1. The Bertz CT molecular complexity index is 937. The molecule has 1 aliphatic rings. The minimum Gasteiger partial charge on any atom is -0.352 e. The first-order valence-corrected chi connectivity index (χ1v) is 10.4. The summed E-state index contributed by atoms with van der Waals surface area (Å²) in [5, 5.41) is 7.10. The molecule has 0 radical (unpaired) electrons. The number of piperidine rings is 1. The number of halogens is 1. The second-order valence-electron chi connectivity index (χ2n) is 7.15. The van der Waals surface area contributed by atoms with E-state index in [1.807, 2.05) is 36.4 Å². The summed E-state index contributed by atoms with van der Waals surface area (Å²) < 4.78 is 6.43. The molecule has 1 saturated heterocycles. The maximum atomic E-state index is 12.4. The third kappa shape index (κ3) is 5.27. The van der Waals surface area contributed by atoms with E-state index in [0.717, 1.165) is 41.5 Å². The summed E-state index contributed by atoms with van der Waals surface area (Å²) in [7, 11) is 0. The van der Waals surface area contributed by atoms with E-state index < -0.39 is 0 Å². The molecule has 0 unspecified atom stereocenters. The van der Waals surface area contributed by atoms with Crippen molar-refractivity contribution in [1.29, 1.82) is 0 Å². The van der Waals surface area contributed by atoms with E-state index in [0.29, 0.717) is 24.8 Å². The van der Waals surface area contributed by atoms with E-state index in [1.165, 1.54) is 0 Å². The Balaban J connectivity index is 1.25. The van der Waals surface area contributed by atoms with Crippen molar-refractivity contribution in [3.8, 4) is 11.4 Å². The fourth-order valence-electron chi connectivity index (χ4n) is 3.42. The summed E-state index contributed by atoms with van der Waals surface area (Å²) >= 11 is 3.42. The molecular formula is C21H22BrN5O2. The molecule has 2 aromatic heterocycles. The van der Waals surface area contributed by atoms with Crippen LogP contribution < -0.4 is 5.32 Å². The van der Waals surface area contributed by atoms with Crippen molar-refractivity contribution in [3.05, 3.63) is 64.7 Å². The van der Waals surface area contributed by atoms with Crippen LogP contribution in [0.4, 0.5) is 0 Å². The monoisotopic (exact) mass is 455 g/mol. The SMILES string of the molecule is O=C(NCc1cccnc1)C1CCN(Cc2nc(-c3ccc(Br)cc3)no2)CC1. The maximum absolute atomic E-state index is 12.4. The van der Waals surface area contributed by atoms with Crippen molar-refractivity contribution in [2.45, 2.75) is 25.9 Å². The summed E-state index contributed by atoms with van der Waals surface area (Å²) in [6.07, 6.45) is 5.15. The van der Waals surface area contributed by atoms with Crippen molar-refractivity contribution in [1.82, 2.24) is 25.3 Å². The predicted molar refractivity (Wildman–Crippen MR) is 112 cm³/mol. The zero-order chi connectivity index (χ0) is 20.1. The minimum atomic E-state index is 0.0453. The van der Waals surface area contributed by atoms with Crippen LogP contribution in [0.25, 0.3) is 11.4 Å². The molecule has 0 aliphatic carbocycles. The van der Waals surface area contributed by atoms with Gasteiger partial charge in [-0.25, -0.2) is 0 Å². The molecule has 1 N–H and O–H groups in total. The summed E-state index contributed by atoms with van der Waals surface area (Å²) in [6, 6.07) is 11.6. The molecule has 0 bridgehead atoms. The van der Waals surface area contributed by atoms with Crippen LogP contribution in [0.3, 0.4) is 0 Å². The van der Waals surface area contributed by atoms with Gasteiger partial charge in [-0.3, -0.25) is 14.7 Å². The van der Waals surface area contributed by atoms with Crippen LogP contribution in [0.15, 0.2) is 57.8 Å². The Labute approximate surface area is 177 Å². The number of nitrogens with one attached hydrogen (secondary N) is 1. The number of aromatic nitrogens is 3. The normalized spacial score (nSPS) is 15.3. The van der Waals surface area contributed by atoms with Crippen LogP contribution in [-0.2, 0) is 17.9 Å². The molecule has 1 amide bonds. The van der Waals surface area contributed by atoms with E-state index in [9.17, 15) is 4.79 Å². The number of carbonyl (C=O) groups is 1. The lowest BCUT2D eigenvalue weighted by molar-refractivity contribution is -0.126. The van der Waals surface area contributed by atoms with Gasteiger partial charge in [-0.2, -0.15) is 4.98 Å². The van der Waals surface area contributed by atoms with E-state index >= 15 is 0 Å². The van der Waals surface area contributed by atoms with Gasteiger partial charge in [0.25, 0.3) is 0 Å². The molecule has 3 heterocycles. The van der Waals surface area contributed by atoms with E-state index in [-0.39, 0.29) is 11.8 Å². The Morgan fingerprint density at radius 2 is 2.00 bits per heavy atom. The van der Waals surface area contributed by atoms with Crippen molar-refractivity contribution >= 4 is 21.8 Å². The van der Waals surface area contributed by atoms with Crippen molar-refractivity contribution in [2.75, 3.05) is 13.1 Å². The van der Waals surface area contributed by atoms with E-state index in [4.69, 9.17) is 4.52 Å². The second-order valence-corrected chi connectivity index (χ2v) is 8.06. The average molecular weight is 456 g/mol. The fourth-order valence-corrected chi connectivity index (χ4v) is 3.68. The van der Waals surface area contributed by atoms with Crippen LogP contribution in [-0.4, -0.2) is 39.0 Å². The van der Waals surface area contributed by atoms with Gasteiger partial charge in [0.2, 0.25) is 17.6 Å². The molecule has 150 valence electrons. The zero-order valence-corrected chi connectivity index (χ0v) is 17.5. The van der Waals surface area contributed by atoms with Crippen LogP contribution >= 0.6 is 15.9 Å². The van der Waals surface area contributed by atoms with Crippen molar-refractivity contribution in [3.63, 3.8) is 0 Å². The Morgan fingerprint density at radius 1 is 1.21 bits per heavy atom. The lowest BCUT2D eigenvalue weighted by Gasteiger charge is -2.30. The summed E-state index contributed by atoms with van der Waals surface area (Å²) in [4.78, 5) is 23.3. The molecule has 4 rings (SSSR count). The van der Waals surface area contributed by atoms with Gasteiger partial charge in [0.05, 0.1) is 6.54 Å². The highest BCUT2D eigenvalue weighted by Gasteiger charge is 2.25. The molecule has 0 saturated carbocycles. The number of pyridine rings is 1. The summed E-state index contributed by atoms with van der Waals surface area (Å²) in [6.45, 7) is 2.79. The van der Waals surface area contributed by atoms with Gasteiger partial charge in [-0.05, 0) is 61.8 Å². The number of rotatable bonds is 6. The van der Waals surface area contributed by atoms with Gasteiger partial charge in [0.1, 0.15) is 0 Å². The smallest absolute Gasteiger partial charge is 0.241 e. The summed E-state index contributed by atoms with van der Waals surface area (Å²) in [5.74, 6) is 1.35. The van der Waals surface area contributed by atoms with Crippen molar-refractivity contribution < 1.29 is 9.32 Å². The van der Waals surface area contributed by atoms with Gasteiger partial charge < -0.3 is 9.84 Å². The second kappa shape index (κ2) is 9.28. The lowest BCUT2D eigenvalue weighted by atomic mass is 9.96. The summed E-state index contributed by atoms with van der Waals surface area (Å²) in [5.41, 5.74) is 1.93. The first kappa shape index (κ1) is 19.7. The highest BCUT2D eigenvalue weighted by molar-refractivity contribution is 9.10. The van der Waals surface area contributed by atoms with Gasteiger partial charge >= 0.3 is 0 Å². The van der Waals surface area contributed by atoms with Gasteiger partial charge in [-0.15, -0.1) is 0 Å². The van der Waals surface area contributed by atoms with Crippen LogP contribution in [0.5, 0.6) is 0 Å². The molecular weight excluding hydrogens is 434 g/mol. The third-order valence-electron chi connectivity index (χ3n) is 5.08. The quantitative estimate of drug-likeness (QED) is 0.612. The van der Waals surface area contributed by atoms with Gasteiger partial charge in [0, 0.05) is 34.9 Å². The highest BCUT2D eigenvalue weighted by Crippen LogP contribution is 2.22. The first-order valence-electron chi connectivity index (χ1n) is 9.65. The number of likely N-dealkylation sites (tertiary alicyclic amines) is 1. The molecule has 7 nitrogen and oxygen atoms in total. The average Bonchev–Trinajstić information content (AvgIpc) is 3.22. The van der Waals surface area contributed by atoms with E-state index in [1.54, 1.807) is 12.4 Å². The Hall–Kier alpha value is -2.58. The van der Waals surface area contributed by atoms with E-state index in [2.05, 4.69) is 41.3 Å². The molecule has 0 spiro atoms. The topological polar surface area (TPSA) is 84.2 Å². The highest BCUT2D eigenvalue weighted by atomic mass is 79.9. The number of hydrogen-bond acceptors (Lipinski definition) is 6.